The summed E-state index contributed by atoms with van der Waals surface area (Å²) in [5, 5.41) is 4.60. The Labute approximate surface area is 116 Å². The van der Waals surface area contributed by atoms with Crippen LogP contribution in [0.4, 0.5) is 5.82 Å². The van der Waals surface area contributed by atoms with Crippen LogP contribution < -0.4 is 5.73 Å². The Bertz CT molecular complexity index is 579. The number of anilines is 1. The van der Waals surface area contributed by atoms with Gasteiger partial charge in [0.15, 0.2) is 0 Å². The summed E-state index contributed by atoms with van der Waals surface area (Å²) in [7, 11) is 0. The van der Waals surface area contributed by atoms with Crippen molar-refractivity contribution in [2.24, 2.45) is 0 Å². The number of rotatable bonds is 1. The molecule has 1 aromatic heterocycles. The summed E-state index contributed by atoms with van der Waals surface area (Å²) in [5.41, 5.74) is 9.21. The van der Waals surface area contributed by atoms with E-state index in [0.717, 1.165) is 15.9 Å². The van der Waals surface area contributed by atoms with Crippen molar-refractivity contribution < 1.29 is 0 Å². The van der Waals surface area contributed by atoms with Gasteiger partial charge in [-0.1, -0.05) is 36.7 Å². The van der Waals surface area contributed by atoms with Gasteiger partial charge in [0.05, 0.1) is 11.4 Å². The molecular weight excluding hydrogens is 290 g/mol. The van der Waals surface area contributed by atoms with Crippen LogP contribution in [0.2, 0.25) is 0 Å². The summed E-state index contributed by atoms with van der Waals surface area (Å²) >= 11 is 3.50. The molecule has 0 spiro atoms. The Morgan fingerprint density at radius 2 is 1.89 bits per heavy atom. The highest BCUT2D eigenvalue weighted by Crippen LogP contribution is 2.26. The smallest absolute Gasteiger partial charge is 0.127 e. The molecule has 0 radical (unpaired) electrons. The zero-order chi connectivity index (χ0) is 13.5. The molecule has 4 heteroatoms. The lowest BCUT2D eigenvalue weighted by molar-refractivity contribution is 0.560. The minimum Gasteiger partial charge on any atom is -0.384 e. The first-order valence-electron chi connectivity index (χ1n) is 5.91. The Balaban J connectivity index is 2.51. The summed E-state index contributed by atoms with van der Waals surface area (Å²) < 4.78 is 2.88. The van der Waals surface area contributed by atoms with Crippen molar-refractivity contribution in [1.82, 2.24) is 9.78 Å². The van der Waals surface area contributed by atoms with Gasteiger partial charge in [0.1, 0.15) is 5.82 Å². The summed E-state index contributed by atoms with van der Waals surface area (Å²) in [6.07, 6.45) is 0. The van der Waals surface area contributed by atoms with Crippen LogP contribution in [0.1, 0.15) is 32.0 Å². The van der Waals surface area contributed by atoms with E-state index in [-0.39, 0.29) is 5.41 Å². The van der Waals surface area contributed by atoms with E-state index in [2.05, 4.69) is 54.8 Å². The van der Waals surface area contributed by atoms with E-state index >= 15 is 0 Å². The highest BCUT2D eigenvalue weighted by Gasteiger charge is 2.19. The third-order valence-electron chi connectivity index (χ3n) is 2.89. The van der Waals surface area contributed by atoms with Gasteiger partial charge < -0.3 is 5.73 Å². The molecule has 0 aliphatic rings. The largest absolute Gasteiger partial charge is 0.384 e. The molecule has 2 rings (SSSR count). The van der Waals surface area contributed by atoms with Crippen LogP contribution in [0.3, 0.4) is 0 Å². The summed E-state index contributed by atoms with van der Waals surface area (Å²) in [6, 6.07) is 8.03. The minimum atomic E-state index is 0.00375. The van der Waals surface area contributed by atoms with Crippen molar-refractivity contribution in [3.63, 3.8) is 0 Å². The van der Waals surface area contributed by atoms with Gasteiger partial charge in [0.25, 0.3) is 0 Å². The SMILES string of the molecule is Cc1cc(-n2nc(C(C)(C)C)cc2N)ccc1Br. The maximum Gasteiger partial charge on any atom is 0.127 e. The third kappa shape index (κ3) is 2.43. The lowest BCUT2D eigenvalue weighted by Crippen LogP contribution is -2.12. The zero-order valence-corrected chi connectivity index (χ0v) is 12.7. The van der Waals surface area contributed by atoms with E-state index in [1.165, 1.54) is 5.56 Å². The zero-order valence-electron chi connectivity index (χ0n) is 11.2. The van der Waals surface area contributed by atoms with E-state index in [9.17, 15) is 0 Å². The number of benzene rings is 1. The number of nitrogens with two attached hydrogens (primary N) is 1. The summed E-state index contributed by atoms with van der Waals surface area (Å²) in [5.74, 6) is 0.668. The molecule has 0 aliphatic carbocycles. The molecule has 2 aromatic rings. The van der Waals surface area contributed by atoms with Crippen LogP contribution in [0.5, 0.6) is 0 Å². The van der Waals surface area contributed by atoms with Crippen LogP contribution in [-0.2, 0) is 5.41 Å². The molecule has 0 unspecified atom stereocenters. The molecule has 1 aromatic carbocycles. The van der Waals surface area contributed by atoms with E-state index in [1.54, 1.807) is 4.68 Å². The summed E-state index contributed by atoms with van der Waals surface area (Å²) in [6.45, 7) is 8.45. The van der Waals surface area contributed by atoms with Crippen molar-refractivity contribution in [2.45, 2.75) is 33.1 Å². The molecule has 18 heavy (non-hydrogen) atoms. The van der Waals surface area contributed by atoms with Crippen LogP contribution in [0, 0.1) is 6.92 Å². The Morgan fingerprint density at radius 3 is 2.39 bits per heavy atom. The van der Waals surface area contributed by atoms with Crippen molar-refractivity contribution in [1.29, 1.82) is 0 Å². The minimum absolute atomic E-state index is 0.00375. The van der Waals surface area contributed by atoms with Crippen molar-refractivity contribution in [3.05, 3.63) is 40.0 Å². The lowest BCUT2D eigenvalue weighted by atomic mass is 9.92. The molecule has 0 amide bonds. The van der Waals surface area contributed by atoms with Crippen LogP contribution in [0.15, 0.2) is 28.7 Å². The second-order valence-corrected chi connectivity index (χ2v) is 6.40. The average molecular weight is 308 g/mol. The second kappa shape index (κ2) is 4.43. The molecule has 1 heterocycles. The highest BCUT2D eigenvalue weighted by molar-refractivity contribution is 9.10. The molecule has 2 N–H and O–H groups in total. The number of aromatic nitrogens is 2. The van der Waals surface area contributed by atoms with Gasteiger partial charge in [0, 0.05) is 16.0 Å². The Kier molecular flexibility index (Phi) is 3.23. The number of hydrogen-bond donors (Lipinski definition) is 1. The molecule has 96 valence electrons. The maximum atomic E-state index is 6.05. The van der Waals surface area contributed by atoms with E-state index in [0.29, 0.717) is 5.82 Å². The molecule has 0 bridgehead atoms. The van der Waals surface area contributed by atoms with Gasteiger partial charge in [-0.25, -0.2) is 4.68 Å². The number of nitrogen functional groups attached to an aromatic ring is 1. The molecule has 0 fully saturated rings. The number of aryl methyl sites for hydroxylation is 1. The van der Waals surface area contributed by atoms with Crippen LogP contribution in [0.25, 0.3) is 5.69 Å². The first-order chi connectivity index (χ1) is 8.29. The molecule has 0 saturated heterocycles. The van der Waals surface area contributed by atoms with Gasteiger partial charge in [-0.05, 0) is 30.7 Å². The normalized spacial score (nSPS) is 11.8. The van der Waals surface area contributed by atoms with E-state index in [1.807, 2.05) is 18.2 Å². The van der Waals surface area contributed by atoms with Crippen molar-refractivity contribution in [2.75, 3.05) is 5.73 Å². The topological polar surface area (TPSA) is 43.8 Å². The number of nitrogens with zero attached hydrogens (tertiary/aromatic N) is 2. The first-order valence-corrected chi connectivity index (χ1v) is 6.71. The monoisotopic (exact) mass is 307 g/mol. The van der Waals surface area contributed by atoms with Crippen LogP contribution >= 0.6 is 15.9 Å². The quantitative estimate of drug-likeness (QED) is 0.870. The molecule has 0 saturated carbocycles. The first kappa shape index (κ1) is 13.1. The van der Waals surface area contributed by atoms with Gasteiger partial charge >= 0.3 is 0 Å². The fourth-order valence-electron chi connectivity index (χ4n) is 1.73. The van der Waals surface area contributed by atoms with Crippen LogP contribution in [-0.4, -0.2) is 9.78 Å². The lowest BCUT2D eigenvalue weighted by Gasteiger charge is -2.14. The van der Waals surface area contributed by atoms with Crippen molar-refractivity contribution >= 4 is 21.7 Å². The standard InChI is InChI=1S/C14H18BrN3/c1-9-7-10(5-6-11(9)15)18-13(16)8-12(17-18)14(2,3)4/h5-8H,16H2,1-4H3. The van der Waals surface area contributed by atoms with Gasteiger partial charge in [-0.15, -0.1) is 0 Å². The second-order valence-electron chi connectivity index (χ2n) is 5.55. The fourth-order valence-corrected chi connectivity index (χ4v) is 1.98. The number of hydrogen-bond acceptors (Lipinski definition) is 2. The Morgan fingerprint density at radius 1 is 1.22 bits per heavy atom. The van der Waals surface area contributed by atoms with E-state index < -0.39 is 0 Å². The summed E-state index contributed by atoms with van der Waals surface area (Å²) in [4.78, 5) is 0. The third-order valence-corrected chi connectivity index (χ3v) is 3.78. The predicted octanol–water partition coefficient (Wildman–Crippen LogP) is 3.82. The Hall–Kier alpha value is -1.29. The molecule has 0 atom stereocenters. The van der Waals surface area contributed by atoms with Gasteiger partial charge in [-0.2, -0.15) is 5.10 Å². The predicted molar refractivity (Wildman–Crippen MR) is 79.1 cm³/mol. The highest BCUT2D eigenvalue weighted by atomic mass is 79.9. The average Bonchev–Trinajstić information content (AvgIpc) is 2.64. The fraction of sp³-hybridized carbons (Fsp3) is 0.357. The van der Waals surface area contributed by atoms with Crippen molar-refractivity contribution in [3.8, 4) is 5.69 Å². The van der Waals surface area contributed by atoms with Gasteiger partial charge in [-0.3, -0.25) is 0 Å². The maximum absolute atomic E-state index is 6.05. The molecular formula is C14H18BrN3. The number of halogens is 1. The van der Waals surface area contributed by atoms with Gasteiger partial charge in [0.2, 0.25) is 0 Å². The molecule has 3 nitrogen and oxygen atoms in total. The molecule has 0 aliphatic heterocycles. The van der Waals surface area contributed by atoms with E-state index in [4.69, 9.17) is 5.73 Å².